The first-order valence-corrected chi connectivity index (χ1v) is 16.9. The number of halogens is 1. The number of pyridine rings is 1. The van der Waals surface area contributed by atoms with Gasteiger partial charge < -0.3 is 4.90 Å². The van der Waals surface area contributed by atoms with Crippen LogP contribution >= 0.6 is 11.6 Å². The van der Waals surface area contributed by atoms with Gasteiger partial charge in [0.15, 0.2) is 0 Å². The number of amides is 1. The summed E-state index contributed by atoms with van der Waals surface area (Å²) in [7, 11) is 0. The topological polar surface area (TPSA) is 33.2 Å². The summed E-state index contributed by atoms with van der Waals surface area (Å²) < 4.78 is 0. The lowest BCUT2D eigenvalue weighted by molar-refractivity contribution is -0.117. The lowest BCUT2D eigenvalue weighted by Crippen LogP contribution is -2.34. The maximum Gasteiger partial charge on any atom is 0.231 e. The van der Waals surface area contributed by atoms with Crippen molar-refractivity contribution in [2.75, 3.05) is 4.90 Å². The van der Waals surface area contributed by atoms with Gasteiger partial charge in [0, 0.05) is 10.4 Å². The number of rotatable bonds is 8. The minimum atomic E-state index is -0.653. The van der Waals surface area contributed by atoms with Crippen molar-refractivity contribution in [3.63, 3.8) is 0 Å². The van der Waals surface area contributed by atoms with Crippen molar-refractivity contribution in [3.05, 3.63) is 213 Å². The van der Waals surface area contributed by atoms with E-state index in [1.165, 1.54) is 0 Å². The van der Waals surface area contributed by atoms with Crippen molar-refractivity contribution >= 4 is 46.3 Å². The highest BCUT2D eigenvalue weighted by molar-refractivity contribution is 6.31. The number of carbonyl (C=O) groups is 1. The predicted molar refractivity (Wildman–Crippen MR) is 202 cm³/mol. The van der Waals surface area contributed by atoms with E-state index >= 15 is 0 Å². The fourth-order valence-electron chi connectivity index (χ4n) is 7.29. The molecule has 6 aromatic carbocycles. The van der Waals surface area contributed by atoms with Crippen LogP contribution in [0.2, 0.25) is 5.02 Å². The third kappa shape index (κ3) is 5.73. The number of para-hydroxylation sites is 1. The van der Waals surface area contributed by atoms with E-state index in [0.29, 0.717) is 18.0 Å². The molecule has 4 heteroatoms. The molecule has 1 amide bonds. The van der Waals surface area contributed by atoms with Crippen molar-refractivity contribution < 1.29 is 4.79 Å². The molecule has 0 atom stereocenters. The molecule has 7 aromatic rings. The van der Waals surface area contributed by atoms with E-state index in [1.807, 2.05) is 35.2 Å². The van der Waals surface area contributed by atoms with E-state index in [9.17, 15) is 4.79 Å². The maximum absolute atomic E-state index is 13.9. The Kier molecular flexibility index (Phi) is 8.12. The summed E-state index contributed by atoms with van der Waals surface area (Å²) in [5.41, 5.74) is 9.75. The highest BCUT2D eigenvalue weighted by atomic mass is 35.5. The quantitative estimate of drug-likeness (QED) is 0.153. The minimum absolute atomic E-state index is 0.102. The number of hydrogen-bond donors (Lipinski definition) is 0. The Balaban J connectivity index is 1.21. The minimum Gasteiger partial charge on any atom is -0.307 e. The second-order valence-corrected chi connectivity index (χ2v) is 12.9. The molecule has 236 valence electrons. The molecule has 0 radical (unpaired) electrons. The van der Waals surface area contributed by atoms with Gasteiger partial charge in [-0.2, -0.15) is 0 Å². The first-order chi connectivity index (χ1) is 24.1. The van der Waals surface area contributed by atoms with Gasteiger partial charge in [-0.15, -0.1) is 0 Å². The van der Waals surface area contributed by atoms with Crippen LogP contribution in [0.25, 0.3) is 23.1 Å². The lowest BCUT2D eigenvalue weighted by Gasteiger charge is -2.39. The summed E-state index contributed by atoms with van der Waals surface area (Å²) in [4.78, 5) is 20.7. The van der Waals surface area contributed by atoms with Crippen molar-refractivity contribution in [1.29, 1.82) is 0 Å². The number of hydrogen-bond acceptors (Lipinski definition) is 2. The van der Waals surface area contributed by atoms with Crippen molar-refractivity contribution in [1.82, 2.24) is 4.98 Å². The number of anilines is 1. The molecule has 49 heavy (non-hydrogen) atoms. The molecule has 1 aromatic heterocycles. The third-order valence-corrected chi connectivity index (χ3v) is 9.71. The first-order valence-electron chi connectivity index (χ1n) is 16.5. The number of carbonyl (C=O) groups excluding carboxylic acids is 1. The van der Waals surface area contributed by atoms with E-state index in [-0.39, 0.29) is 5.91 Å². The number of nitrogens with zero attached hydrogens (tertiary/aromatic N) is 2. The van der Waals surface area contributed by atoms with Crippen LogP contribution in [0.4, 0.5) is 5.69 Å². The van der Waals surface area contributed by atoms with Crippen LogP contribution in [-0.2, 0) is 23.2 Å². The molecule has 0 aliphatic carbocycles. The van der Waals surface area contributed by atoms with Crippen molar-refractivity contribution in [2.24, 2.45) is 0 Å². The standard InChI is InChI=1S/C45H33ClN2O/c46-39-25-23-34-24-27-40(47-42(34)30-39)26-22-32-12-10-13-33(28-32)31-48-43(49)29-35-14-11-21-41(44(35)48)45(36-15-4-1-5-16-36,37-17-6-2-7-18-37)38-19-8-3-9-20-38/h1-28,30H,29,31H2/b26-22+. The molecule has 0 bridgehead atoms. The van der Waals surface area contributed by atoms with Crippen LogP contribution in [0.15, 0.2) is 164 Å². The molecule has 3 nitrogen and oxygen atoms in total. The Hall–Kier alpha value is -5.77. The number of fused-ring (bicyclic) bond motifs is 2. The zero-order chi connectivity index (χ0) is 33.2. The van der Waals surface area contributed by atoms with Crippen LogP contribution in [-0.4, -0.2) is 10.9 Å². The normalized spacial score (nSPS) is 12.9. The van der Waals surface area contributed by atoms with Crippen LogP contribution in [0.5, 0.6) is 0 Å². The molecule has 0 fully saturated rings. The van der Waals surface area contributed by atoms with Crippen molar-refractivity contribution in [2.45, 2.75) is 18.4 Å². The molecule has 8 rings (SSSR count). The summed E-state index contributed by atoms with van der Waals surface area (Å²) >= 11 is 6.22. The summed E-state index contributed by atoms with van der Waals surface area (Å²) in [5.74, 6) is 0.102. The predicted octanol–water partition coefficient (Wildman–Crippen LogP) is 10.5. The highest BCUT2D eigenvalue weighted by Gasteiger charge is 2.43. The highest BCUT2D eigenvalue weighted by Crippen LogP contribution is 2.50. The monoisotopic (exact) mass is 652 g/mol. The van der Waals surface area contributed by atoms with Gasteiger partial charge in [-0.1, -0.05) is 157 Å². The summed E-state index contributed by atoms with van der Waals surface area (Å²) in [6.07, 6.45) is 4.45. The van der Waals surface area contributed by atoms with Crippen LogP contribution in [0.1, 0.15) is 44.6 Å². The number of aromatic nitrogens is 1. The van der Waals surface area contributed by atoms with Crippen molar-refractivity contribution in [3.8, 4) is 0 Å². The molecule has 1 aliphatic rings. The van der Waals surface area contributed by atoms with Gasteiger partial charge in [0.25, 0.3) is 0 Å². The van der Waals surface area contributed by atoms with Gasteiger partial charge in [0.1, 0.15) is 0 Å². The zero-order valence-corrected chi connectivity index (χ0v) is 27.6. The SMILES string of the molecule is O=C1Cc2cccc(C(c3ccccc3)(c3ccccc3)c3ccccc3)c2N1Cc1cccc(/C=C/c2ccc3ccc(Cl)cc3n2)c1. The Morgan fingerprint density at radius 2 is 1.29 bits per heavy atom. The Morgan fingerprint density at radius 1 is 0.653 bits per heavy atom. The summed E-state index contributed by atoms with van der Waals surface area (Å²) in [5, 5.41) is 1.72. The smallest absolute Gasteiger partial charge is 0.231 e. The van der Waals surface area contributed by atoms with Gasteiger partial charge in [-0.05, 0) is 69.3 Å². The first kappa shape index (κ1) is 30.6. The zero-order valence-electron chi connectivity index (χ0n) is 26.8. The largest absolute Gasteiger partial charge is 0.307 e. The summed E-state index contributed by atoms with van der Waals surface area (Å²) in [6, 6.07) is 56.6. The Morgan fingerprint density at radius 3 is 1.96 bits per heavy atom. The fourth-order valence-corrected chi connectivity index (χ4v) is 7.46. The van der Waals surface area contributed by atoms with E-state index < -0.39 is 5.41 Å². The van der Waals surface area contributed by atoms with E-state index in [2.05, 4.69) is 146 Å². The molecular weight excluding hydrogens is 620 g/mol. The molecule has 0 saturated carbocycles. The molecule has 0 N–H and O–H groups in total. The molecule has 1 aliphatic heterocycles. The average Bonchev–Trinajstić information content (AvgIpc) is 3.47. The second kappa shape index (κ2) is 13.0. The molecule has 2 heterocycles. The number of benzene rings is 6. The van der Waals surface area contributed by atoms with Gasteiger partial charge >= 0.3 is 0 Å². The molecule has 0 spiro atoms. The van der Waals surface area contributed by atoms with Gasteiger partial charge in [0.05, 0.1) is 35.3 Å². The van der Waals surface area contributed by atoms with Crippen LogP contribution < -0.4 is 4.90 Å². The third-order valence-electron chi connectivity index (χ3n) is 9.47. The van der Waals surface area contributed by atoms with E-state index in [1.54, 1.807) is 0 Å². The maximum atomic E-state index is 13.9. The second-order valence-electron chi connectivity index (χ2n) is 12.5. The van der Waals surface area contributed by atoms with Gasteiger partial charge in [0.2, 0.25) is 5.91 Å². The summed E-state index contributed by atoms with van der Waals surface area (Å²) in [6.45, 7) is 0.464. The molecule has 0 saturated heterocycles. The van der Waals surface area contributed by atoms with E-state index in [0.717, 1.165) is 61.2 Å². The fraction of sp³-hybridized carbons (Fsp3) is 0.0667. The lowest BCUT2D eigenvalue weighted by atomic mass is 9.64. The van der Waals surface area contributed by atoms with E-state index in [4.69, 9.17) is 16.6 Å². The molecule has 0 unspecified atom stereocenters. The Bertz CT molecular complexity index is 2220. The van der Waals surface area contributed by atoms with Gasteiger partial charge in [-0.3, -0.25) is 4.79 Å². The average molecular weight is 653 g/mol. The van der Waals surface area contributed by atoms with Crippen LogP contribution in [0.3, 0.4) is 0 Å². The van der Waals surface area contributed by atoms with Gasteiger partial charge in [-0.25, -0.2) is 4.98 Å². The Labute approximate surface area is 291 Å². The van der Waals surface area contributed by atoms with Crippen LogP contribution in [0, 0.1) is 0 Å². The molecular formula is C45H33ClN2O.